The number of nitrogens with zero attached hydrogens (tertiary/aromatic N) is 3. The SMILES string of the molecule is c1ccc2c(c1)oc1c(-c3ccc(-c4ccc5ccc(-c6cnc(-c7cccc8c7oc7ccccc78)nc6)cc5c4)cn3)cccc12. The Kier molecular flexibility index (Phi) is 5.81. The Labute approximate surface area is 274 Å². The molecule has 0 aliphatic rings. The summed E-state index contributed by atoms with van der Waals surface area (Å²) in [7, 11) is 0. The summed E-state index contributed by atoms with van der Waals surface area (Å²) in [6, 6.07) is 45.8. The van der Waals surface area contributed by atoms with E-state index in [1.54, 1.807) is 0 Å². The van der Waals surface area contributed by atoms with Crippen LogP contribution in [-0.4, -0.2) is 15.0 Å². The first-order valence-corrected chi connectivity index (χ1v) is 15.9. The molecule has 0 N–H and O–H groups in total. The highest BCUT2D eigenvalue weighted by Crippen LogP contribution is 2.37. The standard InChI is InChI=1S/C43H25N3O2/c1-3-13-39-32(7-1)34-9-5-11-36(41(34)47-39)38-20-19-29(23-44-38)27-17-15-26-16-18-28(22-30(26)21-27)31-24-45-43(46-25-31)37-12-6-10-35-33-8-2-4-14-40(33)48-42(35)37/h1-25H. The van der Waals surface area contributed by atoms with Crippen molar-refractivity contribution in [2.45, 2.75) is 0 Å². The summed E-state index contributed by atoms with van der Waals surface area (Å²) in [5, 5.41) is 6.67. The number of hydrogen-bond donors (Lipinski definition) is 0. The molecule has 0 aliphatic carbocycles. The van der Waals surface area contributed by atoms with Gasteiger partial charge in [0.05, 0.1) is 11.3 Å². The van der Waals surface area contributed by atoms with E-state index in [9.17, 15) is 0 Å². The molecule has 224 valence electrons. The van der Waals surface area contributed by atoms with Crippen molar-refractivity contribution in [2.75, 3.05) is 0 Å². The molecule has 4 aromatic heterocycles. The molecule has 4 heterocycles. The first kappa shape index (κ1) is 26.6. The predicted molar refractivity (Wildman–Crippen MR) is 194 cm³/mol. The molecule has 0 saturated carbocycles. The Morgan fingerprint density at radius 2 is 0.917 bits per heavy atom. The largest absolute Gasteiger partial charge is 0.455 e. The molecule has 0 saturated heterocycles. The van der Waals surface area contributed by atoms with Gasteiger partial charge in [-0.2, -0.15) is 0 Å². The zero-order valence-corrected chi connectivity index (χ0v) is 25.6. The van der Waals surface area contributed by atoms with Crippen LogP contribution in [0.3, 0.4) is 0 Å². The zero-order valence-electron chi connectivity index (χ0n) is 25.6. The predicted octanol–water partition coefficient (Wildman–Crippen LogP) is 11.5. The molecule has 0 amide bonds. The van der Waals surface area contributed by atoms with Crippen LogP contribution in [-0.2, 0) is 0 Å². The quantitative estimate of drug-likeness (QED) is 0.197. The number of aromatic nitrogens is 3. The molecule has 0 atom stereocenters. The lowest BCUT2D eigenvalue weighted by atomic mass is 9.98. The van der Waals surface area contributed by atoms with Gasteiger partial charge in [-0.05, 0) is 64.4 Å². The van der Waals surface area contributed by atoms with Crippen molar-refractivity contribution in [3.05, 3.63) is 152 Å². The Morgan fingerprint density at radius 1 is 0.375 bits per heavy atom. The van der Waals surface area contributed by atoms with E-state index < -0.39 is 0 Å². The summed E-state index contributed by atoms with van der Waals surface area (Å²) in [4.78, 5) is 14.4. The van der Waals surface area contributed by atoms with Crippen LogP contribution in [0.2, 0.25) is 0 Å². The number of rotatable bonds is 4. The van der Waals surface area contributed by atoms with Gasteiger partial charge in [0.1, 0.15) is 22.3 Å². The summed E-state index contributed by atoms with van der Waals surface area (Å²) in [6.45, 7) is 0. The molecule has 0 radical (unpaired) electrons. The molecular weight excluding hydrogens is 590 g/mol. The molecule has 0 spiro atoms. The van der Waals surface area contributed by atoms with Crippen molar-refractivity contribution in [2.24, 2.45) is 0 Å². The minimum absolute atomic E-state index is 0.638. The van der Waals surface area contributed by atoms with Crippen molar-refractivity contribution in [3.63, 3.8) is 0 Å². The highest BCUT2D eigenvalue weighted by atomic mass is 16.3. The van der Waals surface area contributed by atoms with Gasteiger partial charge in [0.2, 0.25) is 0 Å². The van der Waals surface area contributed by atoms with Crippen LogP contribution in [0.1, 0.15) is 0 Å². The van der Waals surface area contributed by atoms with E-state index in [0.29, 0.717) is 5.82 Å². The van der Waals surface area contributed by atoms with Crippen LogP contribution in [0, 0.1) is 0 Å². The maximum absolute atomic E-state index is 6.25. The van der Waals surface area contributed by atoms with Crippen molar-refractivity contribution in [3.8, 4) is 44.9 Å². The van der Waals surface area contributed by atoms with Crippen molar-refractivity contribution in [1.29, 1.82) is 0 Å². The van der Waals surface area contributed by atoms with Gasteiger partial charge in [-0.3, -0.25) is 4.98 Å². The lowest BCUT2D eigenvalue weighted by Crippen LogP contribution is -1.90. The number of benzene rings is 6. The van der Waals surface area contributed by atoms with Crippen molar-refractivity contribution in [1.82, 2.24) is 15.0 Å². The van der Waals surface area contributed by atoms with E-state index in [0.717, 1.165) is 93.7 Å². The van der Waals surface area contributed by atoms with Crippen LogP contribution >= 0.6 is 0 Å². The summed E-state index contributed by atoms with van der Waals surface area (Å²) in [5.41, 5.74) is 10.3. The van der Waals surface area contributed by atoms with E-state index >= 15 is 0 Å². The average Bonchev–Trinajstić information content (AvgIpc) is 3.73. The number of hydrogen-bond acceptors (Lipinski definition) is 5. The molecule has 5 heteroatoms. The van der Waals surface area contributed by atoms with E-state index in [1.807, 2.05) is 67.1 Å². The highest BCUT2D eigenvalue weighted by Gasteiger charge is 2.15. The van der Waals surface area contributed by atoms with Crippen LogP contribution < -0.4 is 0 Å². The number of furan rings is 2. The monoisotopic (exact) mass is 615 g/mol. The van der Waals surface area contributed by atoms with E-state index in [2.05, 4.69) is 84.9 Å². The molecule has 0 unspecified atom stereocenters. The van der Waals surface area contributed by atoms with Gasteiger partial charge in [-0.25, -0.2) is 9.97 Å². The fourth-order valence-corrected chi connectivity index (χ4v) is 6.82. The third-order valence-corrected chi connectivity index (χ3v) is 9.25. The Bertz CT molecular complexity index is 2640. The van der Waals surface area contributed by atoms with E-state index in [-0.39, 0.29) is 0 Å². The normalized spacial score (nSPS) is 11.8. The molecule has 0 bridgehead atoms. The summed E-state index contributed by atoms with van der Waals surface area (Å²) in [6.07, 6.45) is 5.72. The Balaban J connectivity index is 0.964. The Morgan fingerprint density at radius 3 is 1.56 bits per heavy atom. The van der Waals surface area contributed by atoms with Gasteiger partial charge in [-0.1, -0.05) is 91.0 Å². The van der Waals surface area contributed by atoms with Gasteiger partial charge in [0, 0.05) is 56.8 Å². The molecule has 10 rings (SSSR count). The number of para-hydroxylation sites is 4. The van der Waals surface area contributed by atoms with E-state index in [1.165, 1.54) is 0 Å². The second kappa shape index (κ2) is 10.5. The van der Waals surface area contributed by atoms with Gasteiger partial charge < -0.3 is 8.83 Å². The zero-order chi connectivity index (χ0) is 31.6. The first-order chi connectivity index (χ1) is 23.8. The number of fused-ring (bicyclic) bond motifs is 7. The molecule has 10 aromatic rings. The minimum Gasteiger partial charge on any atom is -0.455 e. The minimum atomic E-state index is 0.638. The third kappa shape index (κ3) is 4.22. The lowest BCUT2D eigenvalue weighted by Gasteiger charge is -2.08. The molecule has 6 aromatic carbocycles. The second-order valence-electron chi connectivity index (χ2n) is 12.1. The summed E-state index contributed by atoms with van der Waals surface area (Å²) < 4.78 is 12.5. The molecule has 0 fully saturated rings. The van der Waals surface area contributed by atoms with Crippen LogP contribution in [0.25, 0.3) is 99.5 Å². The summed E-state index contributed by atoms with van der Waals surface area (Å²) >= 11 is 0. The second-order valence-corrected chi connectivity index (χ2v) is 12.1. The fraction of sp³-hybridized carbons (Fsp3) is 0. The average molecular weight is 616 g/mol. The first-order valence-electron chi connectivity index (χ1n) is 15.9. The molecular formula is C43H25N3O2. The highest BCUT2D eigenvalue weighted by molar-refractivity contribution is 6.10. The van der Waals surface area contributed by atoms with Gasteiger partial charge >= 0.3 is 0 Å². The molecule has 5 nitrogen and oxygen atoms in total. The smallest absolute Gasteiger partial charge is 0.162 e. The molecule has 0 aliphatic heterocycles. The maximum Gasteiger partial charge on any atom is 0.162 e. The topological polar surface area (TPSA) is 65.0 Å². The fourth-order valence-electron chi connectivity index (χ4n) is 6.82. The van der Waals surface area contributed by atoms with Crippen molar-refractivity contribution < 1.29 is 8.83 Å². The molecule has 48 heavy (non-hydrogen) atoms. The van der Waals surface area contributed by atoms with Crippen LogP contribution in [0.5, 0.6) is 0 Å². The van der Waals surface area contributed by atoms with Crippen molar-refractivity contribution >= 4 is 54.6 Å². The van der Waals surface area contributed by atoms with E-state index in [4.69, 9.17) is 23.8 Å². The summed E-state index contributed by atoms with van der Waals surface area (Å²) in [5.74, 6) is 0.638. The number of pyridine rings is 1. The van der Waals surface area contributed by atoms with Crippen LogP contribution in [0.15, 0.2) is 161 Å². The van der Waals surface area contributed by atoms with Gasteiger partial charge in [-0.15, -0.1) is 0 Å². The van der Waals surface area contributed by atoms with Crippen LogP contribution in [0.4, 0.5) is 0 Å². The Hall–Kier alpha value is -6.59. The van der Waals surface area contributed by atoms with Gasteiger partial charge in [0.25, 0.3) is 0 Å². The maximum atomic E-state index is 6.25. The third-order valence-electron chi connectivity index (χ3n) is 9.25. The van der Waals surface area contributed by atoms with Gasteiger partial charge in [0.15, 0.2) is 5.82 Å². The lowest BCUT2D eigenvalue weighted by molar-refractivity contribution is 0.669.